The number of anilines is 1. The Morgan fingerprint density at radius 2 is 2.33 bits per heavy atom. The molecule has 15 heavy (non-hydrogen) atoms. The molecular formula is C9H9BrClNO3. The summed E-state index contributed by atoms with van der Waals surface area (Å²) in [6.45, 7) is -0.176. The van der Waals surface area contributed by atoms with Crippen molar-refractivity contribution in [2.75, 3.05) is 19.0 Å². The van der Waals surface area contributed by atoms with Gasteiger partial charge in [-0.2, -0.15) is 0 Å². The molecule has 6 heteroatoms. The SMILES string of the molecule is COc1cc(Cl)c(Br)cc1NCC(=O)O. The highest BCUT2D eigenvalue weighted by Crippen LogP contribution is 2.34. The number of carbonyl (C=O) groups is 1. The second-order valence-corrected chi connectivity index (χ2v) is 3.98. The Balaban J connectivity index is 2.94. The summed E-state index contributed by atoms with van der Waals surface area (Å²) in [4.78, 5) is 10.4. The number of carboxylic acid groups (broad SMARTS) is 1. The molecule has 0 heterocycles. The van der Waals surface area contributed by atoms with E-state index in [1.165, 1.54) is 7.11 Å². The summed E-state index contributed by atoms with van der Waals surface area (Å²) in [6, 6.07) is 3.28. The van der Waals surface area contributed by atoms with Crippen LogP contribution in [0, 0.1) is 0 Å². The number of methoxy groups -OCH3 is 1. The molecule has 0 aliphatic heterocycles. The van der Waals surface area contributed by atoms with E-state index in [0.717, 1.165) is 0 Å². The lowest BCUT2D eigenvalue weighted by atomic mass is 10.3. The van der Waals surface area contributed by atoms with Gasteiger partial charge < -0.3 is 15.2 Å². The first-order valence-electron chi connectivity index (χ1n) is 4.03. The average molecular weight is 295 g/mol. The summed E-state index contributed by atoms with van der Waals surface area (Å²) in [7, 11) is 1.49. The van der Waals surface area contributed by atoms with E-state index in [4.69, 9.17) is 21.4 Å². The first kappa shape index (κ1) is 12.1. The Hall–Kier alpha value is -0.940. The topological polar surface area (TPSA) is 58.6 Å². The highest BCUT2D eigenvalue weighted by atomic mass is 79.9. The molecule has 0 aromatic heterocycles. The van der Waals surface area contributed by atoms with E-state index < -0.39 is 5.97 Å². The summed E-state index contributed by atoms with van der Waals surface area (Å²) in [6.07, 6.45) is 0. The van der Waals surface area contributed by atoms with Crippen LogP contribution in [0.2, 0.25) is 5.02 Å². The monoisotopic (exact) mass is 293 g/mol. The van der Waals surface area contributed by atoms with E-state index in [1.807, 2.05) is 0 Å². The van der Waals surface area contributed by atoms with Crippen LogP contribution in [0.5, 0.6) is 5.75 Å². The van der Waals surface area contributed by atoms with Gasteiger partial charge in [0.2, 0.25) is 0 Å². The molecule has 1 rings (SSSR count). The molecule has 2 N–H and O–H groups in total. The second-order valence-electron chi connectivity index (χ2n) is 2.71. The van der Waals surface area contributed by atoms with Crippen molar-refractivity contribution in [2.45, 2.75) is 0 Å². The molecule has 0 amide bonds. The predicted molar refractivity (Wildman–Crippen MR) is 61.8 cm³/mol. The maximum Gasteiger partial charge on any atom is 0.322 e. The van der Waals surface area contributed by atoms with E-state index >= 15 is 0 Å². The molecule has 0 saturated heterocycles. The lowest BCUT2D eigenvalue weighted by Crippen LogP contribution is -2.12. The molecule has 0 spiro atoms. The van der Waals surface area contributed by atoms with E-state index in [0.29, 0.717) is 20.9 Å². The molecule has 0 bridgehead atoms. The van der Waals surface area contributed by atoms with Crippen LogP contribution in [0.3, 0.4) is 0 Å². The number of hydrogen-bond acceptors (Lipinski definition) is 3. The molecule has 1 aromatic carbocycles. The van der Waals surface area contributed by atoms with Crippen molar-refractivity contribution in [2.24, 2.45) is 0 Å². The van der Waals surface area contributed by atoms with Crippen molar-refractivity contribution in [3.8, 4) is 5.75 Å². The van der Waals surface area contributed by atoms with E-state index in [-0.39, 0.29) is 6.54 Å². The normalized spacial score (nSPS) is 9.80. The van der Waals surface area contributed by atoms with Gasteiger partial charge >= 0.3 is 5.97 Å². The third-order valence-electron chi connectivity index (χ3n) is 1.67. The number of rotatable bonds is 4. The lowest BCUT2D eigenvalue weighted by Gasteiger charge is -2.10. The van der Waals surface area contributed by atoms with Crippen LogP contribution in [0.4, 0.5) is 5.69 Å². The standard InChI is InChI=1S/C9H9BrClNO3/c1-15-8-3-6(11)5(10)2-7(8)12-4-9(13)14/h2-3,12H,4H2,1H3,(H,13,14). The van der Waals surface area contributed by atoms with Crippen molar-refractivity contribution in [1.82, 2.24) is 0 Å². The third kappa shape index (κ3) is 3.28. The van der Waals surface area contributed by atoms with Gasteiger partial charge in [0, 0.05) is 10.5 Å². The molecule has 0 aliphatic carbocycles. The van der Waals surface area contributed by atoms with Crippen LogP contribution in [0.25, 0.3) is 0 Å². The number of hydrogen-bond donors (Lipinski definition) is 2. The largest absolute Gasteiger partial charge is 0.495 e. The quantitative estimate of drug-likeness (QED) is 0.896. The van der Waals surface area contributed by atoms with Crippen molar-refractivity contribution >= 4 is 39.2 Å². The molecule has 4 nitrogen and oxygen atoms in total. The fourth-order valence-corrected chi connectivity index (χ4v) is 1.50. The molecule has 1 aromatic rings. The summed E-state index contributed by atoms with van der Waals surface area (Å²) in [5.74, 6) is -0.437. The molecule has 0 saturated carbocycles. The number of ether oxygens (including phenoxy) is 1. The highest BCUT2D eigenvalue weighted by Gasteiger charge is 2.08. The Morgan fingerprint density at radius 3 is 2.87 bits per heavy atom. The van der Waals surface area contributed by atoms with Crippen LogP contribution in [0.1, 0.15) is 0 Å². The van der Waals surface area contributed by atoms with Crippen molar-refractivity contribution in [3.05, 3.63) is 21.6 Å². The minimum absolute atomic E-state index is 0.176. The maximum atomic E-state index is 10.4. The Morgan fingerprint density at radius 1 is 1.67 bits per heavy atom. The van der Waals surface area contributed by atoms with Gasteiger partial charge in [-0.25, -0.2) is 0 Å². The fourth-order valence-electron chi connectivity index (χ4n) is 1.01. The minimum atomic E-state index is -0.942. The summed E-state index contributed by atoms with van der Waals surface area (Å²) >= 11 is 9.10. The van der Waals surface area contributed by atoms with Crippen molar-refractivity contribution in [1.29, 1.82) is 0 Å². The van der Waals surface area contributed by atoms with Gasteiger partial charge in [0.25, 0.3) is 0 Å². The van der Waals surface area contributed by atoms with Gasteiger partial charge in [-0.1, -0.05) is 11.6 Å². The van der Waals surface area contributed by atoms with E-state index in [9.17, 15) is 4.79 Å². The molecular weight excluding hydrogens is 285 g/mol. The first-order chi connectivity index (χ1) is 7.04. The number of halogens is 2. The molecule has 0 radical (unpaired) electrons. The van der Waals surface area contributed by atoms with Crippen molar-refractivity contribution < 1.29 is 14.6 Å². The van der Waals surface area contributed by atoms with Gasteiger partial charge in [-0.15, -0.1) is 0 Å². The predicted octanol–water partition coefficient (Wildman–Crippen LogP) is 2.61. The maximum absolute atomic E-state index is 10.4. The van der Waals surface area contributed by atoms with Crippen LogP contribution in [-0.4, -0.2) is 24.7 Å². The number of benzene rings is 1. The number of nitrogens with one attached hydrogen (secondary N) is 1. The number of carboxylic acids is 1. The highest BCUT2D eigenvalue weighted by molar-refractivity contribution is 9.10. The summed E-state index contributed by atoms with van der Waals surface area (Å²) in [5.41, 5.74) is 0.580. The Kier molecular flexibility index (Phi) is 4.23. The first-order valence-corrected chi connectivity index (χ1v) is 5.20. The van der Waals surface area contributed by atoms with Crippen LogP contribution < -0.4 is 10.1 Å². The van der Waals surface area contributed by atoms with Gasteiger partial charge in [0.05, 0.1) is 17.8 Å². The van der Waals surface area contributed by atoms with Gasteiger partial charge in [-0.3, -0.25) is 4.79 Å². The molecule has 0 fully saturated rings. The van der Waals surface area contributed by atoms with E-state index in [2.05, 4.69) is 21.2 Å². The van der Waals surface area contributed by atoms with Gasteiger partial charge in [0.1, 0.15) is 12.3 Å². The zero-order valence-electron chi connectivity index (χ0n) is 7.88. The zero-order chi connectivity index (χ0) is 11.4. The van der Waals surface area contributed by atoms with Crippen LogP contribution in [-0.2, 0) is 4.79 Å². The molecule has 82 valence electrons. The van der Waals surface area contributed by atoms with Gasteiger partial charge in [0.15, 0.2) is 0 Å². The Bertz CT molecular complexity index is 384. The lowest BCUT2D eigenvalue weighted by molar-refractivity contribution is -0.134. The minimum Gasteiger partial charge on any atom is -0.495 e. The van der Waals surface area contributed by atoms with Crippen LogP contribution >= 0.6 is 27.5 Å². The summed E-state index contributed by atoms with van der Waals surface area (Å²) < 4.78 is 5.73. The number of aliphatic carboxylic acids is 1. The smallest absolute Gasteiger partial charge is 0.322 e. The molecule has 0 unspecified atom stereocenters. The molecule has 0 atom stereocenters. The third-order valence-corrected chi connectivity index (χ3v) is 2.87. The van der Waals surface area contributed by atoms with E-state index in [1.54, 1.807) is 12.1 Å². The van der Waals surface area contributed by atoms with Gasteiger partial charge in [-0.05, 0) is 22.0 Å². The zero-order valence-corrected chi connectivity index (χ0v) is 10.2. The van der Waals surface area contributed by atoms with Crippen molar-refractivity contribution in [3.63, 3.8) is 0 Å². The summed E-state index contributed by atoms with van der Waals surface area (Å²) in [5, 5.41) is 11.7. The fraction of sp³-hybridized carbons (Fsp3) is 0.222. The Labute approximate surface area is 100 Å². The van der Waals surface area contributed by atoms with Crippen LogP contribution in [0.15, 0.2) is 16.6 Å². The molecule has 0 aliphatic rings. The average Bonchev–Trinajstić information content (AvgIpc) is 2.19. The second kappa shape index (κ2) is 5.23.